The summed E-state index contributed by atoms with van der Waals surface area (Å²) >= 11 is 3.25. The molecule has 1 atom stereocenters. The molecular formula is C10H15BrN2O2. The van der Waals surface area contributed by atoms with Gasteiger partial charge >= 0.3 is 0 Å². The Hall–Kier alpha value is -0.810. The highest BCUT2D eigenvalue weighted by Gasteiger charge is 2.16. The minimum absolute atomic E-state index is 0.0503. The average molecular weight is 275 g/mol. The number of carbonyl (C=O) groups is 1. The van der Waals surface area contributed by atoms with Crippen molar-refractivity contribution >= 4 is 21.8 Å². The molecule has 4 nitrogen and oxygen atoms in total. The molecule has 0 fully saturated rings. The number of carbonyl (C=O) groups excluding carboxylic acids is 1. The maximum atomic E-state index is 11.7. The van der Waals surface area contributed by atoms with Gasteiger partial charge in [-0.05, 0) is 27.9 Å². The molecule has 0 aliphatic rings. The van der Waals surface area contributed by atoms with Gasteiger partial charge in [-0.3, -0.25) is 4.79 Å². The molecule has 0 radical (unpaired) electrons. The number of aliphatic hydroxyl groups is 1. The fraction of sp³-hybridized carbons (Fsp3) is 0.500. The van der Waals surface area contributed by atoms with Crippen LogP contribution in [0.3, 0.4) is 0 Å². The monoisotopic (exact) mass is 274 g/mol. The van der Waals surface area contributed by atoms with Gasteiger partial charge in [0.05, 0.1) is 12.6 Å². The number of amides is 1. The third-order valence-corrected chi connectivity index (χ3v) is 2.67. The number of H-pyrrole nitrogens is 1. The zero-order valence-electron chi connectivity index (χ0n) is 8.75. The van der Waals surface area contributed by atoms with E-state index in [4.69, 9.17) is 5.11 Å². The van der Waals surface area contributed by atoms with Gasteiger partial charge in [-0.15, -0.1) is 0 Å². The van der Waals surface area contributed by atoms with Crippen LogP contribution in [0.15, 0.2) is 16.7 Å². The van der Waals surface area contributed by atoms with Gasteiger partial charge < -0.3 is 15.4 Å². The first-order valence-electron chi connectivity index (χ1n) is 4.80. The van der Waals surface area contributed by atoms with Crippen molar-refractivity contribution in [3.8, 4) is 0 Å². The number of aromatic amines is 1. The quantitative estimate of drug-likeness (QED) is 0.780. The summed E-state index contributed by atoms with van der Waals surface area (Å²) in [4.78, 5) is 14.5. The van der Waals surface area contributed by atoms with E-state index in [0.717, 1.165) is 4.47 Å². The minimum Gasteiger partial charge on any atom is -0.394 e. The fourth-order valence-corrected chi connectivity index (χ4v) is 1.51. The van der Waals surface area contributed by atoms with E-state index >= 15 is 0 Å². The first-order valence-corrected chi connectivity index (χ1v) is 5.59. The van der Waals surface area contributed by atoms with Gasteiger partial charge in [-0.2, -0.15) is 0 Å². The van der Waals surface area contributed by atoms with Crippen molar-refractivity contribution < 1.29 is 9.90 Å². The lowest BCUT2D eigenvalue weighted by atomic mass is 10.1. The van der Waals surface area contributed by atoms with E-state index in [1.54, 1.807) is 12.3 Å². The number of rotatable bonds is 4. The normalized spacial score (nSPS) is 12.9. The Balaban J connectivity index is 2.62. The molecule has 84 valence electrons. The summed E-state index contributed by atoms with van der Waals surface area (Å²) in [6.45, 7) is 3.85. The van der Waals surface area contributed by atoms with Crippen LogP contribution in [0, 0.1) is 5.92 Å². The maximum Gasteiger partial charge on any atom is 0.268 e. The lowest BCUT2D eigenvalue weighted by Crippen LogP contribution is -2.41. The summed E-state index contributed by atoms with van der Waals surface area (Å²) in [6.07, 6.45) is 1.69. The van der Waals surface area contributed by atoms with E-state index in [0.29, 0.717) is 5.69 Å². The molecule has 1 unspecified atom stereocenters. The van der Waals surface area contributed by atoms with Crippen LogP contribution in [0.25, 0.3) is 0 Å². The highest BCUT2D eigenvalue weighted by molar-refractivity contribution is 9.10. The second-order valence-corrected chi connectivity index (χ2v) is 4.65. The zero-order chi connectivity index (χ0) is 11.4. The highest BCUT2D eigenvalue weighted by atomic mass is 79.9. The lowest BCUT2D eigenvalue weighted by Gasteiger charge is -2.19. The maximum absolute atomic E-state index is 11.7. The van der Waals surface area contributed by atoms with Crippen LogP contribution in [0.1, 0.15) is 24.3 Å². The molecule has 15 heavy (non-hydrogen) atoms. The number of aromatic nitrogens is 1. The van der Waals surface area contributed by atoms with Gasteiger partial charge in [0.25, 0.3) is 5.91 Å². The van der Waals surface area contributed by atoms with E-state index in [9.17, 15) is 4.79 Å². The summed E-state index contributed by atoms with van der Waals surface area (Å²) < 4.78 is 0.831. The van der Waals surface area contributed by atoms with E-state index in [1.807, 2.05) is 13.8 Å². The van der Waals surface area contributed by atoms with Gasteiger partial charge in [0.1, 0.15) is 5.69 Å². The molecular weight excluding hydrogens is 260 g/mol. The van der Waals surface area contributed by atoms with Crippen molar-refractivity contribution in [2.75, 3.05) is 6.61 Å². The van der Waals surface area contributed by atoms with E-state index < -0.39 is 0 Å². The summed E-state index contributed by atoms with van der Waals surface area (Å²) in [6, 6.07) is 1.49. The molecule has 1 rings (SSSR count). The SMILES string of the molecule is CC(C)C(CO)NC(=O)c1cc(Br)c[nH]1. The van der Waals surface area contributed by atoms with Crippen molar-refractivity contribution in [2.45, 2.75) is 19.9 Å². The third-order valence-electron chi connectivity index (χ3n) is 2.21. The molecule has 0 aliphatic heterocycles. The van der Waals surface area contributed by atoms with E-state index in [2.05, 4.69) is 26.2 Å². The summed E-state index contributed by atoms with van der Waals surface area (Å²) in [5, 5.41) is 11.8. The van der Waals surface area contributed by atoms with Crippen LogP contribution >= 0.6 is 15.9 Å². The van der Waals surface area contributed by atoms with Crippen molar-refractivity contribution in [3.63, 3.8) is 0 Å². The molecule has 0 saturated carbocycles. The number of hydrogen-bond donors (Lipinski definition) is 3. The Morgan fingerprint density at radius 3 is 2.73 bits per heavy atom. The molecule has 0 aliphatic carbocycles. The van der Waals surface area contributed by atoms with Gasteiger partial charge in [-0.1, -0.05) is 13.8 Å². The van der Waals surface area contributed by atoms with Crippen LogP contribution in [-0.4, -0.2) is 28.6 Å². The van der Waals surface area contributed by atoms with Gasteiger partial charge in [0.15, 0.2) is 0 Å². The number of hydrogen-bond acceptors (Lipinski definition) is 2. The third kappa shape index (κ3) is 3.35. The molecule has 1 aromatic heterocycles. The molecule has 5 heteroatoms. The Morgan fingerprint density at radius 2 is 2.33 bits per heavy atom. The Kier molecular flexibility index (Phi) is 4.35. The van der Waals surface area contributed by atoms with Gasteiger partial charge in [0, 0.05) is 10.7 Å². The molecule has 0 saturated heterocycles. The van der Waals surface area contributed by atoms with Crippen LogP contribution in [0.5, 0.6) is 0 Å². The van der Waals surface area contributed by atoms with Crippen molar-refractivity contribution in [1.29, 1.82) is 0 Å². The van der Waals surface area contributed by atoms with Crippen molar-refractivity contribution in [2.24, 2.45) is 5.92 Å². The topological polar surface area (TPSA) is 65.1 Å². The largest absolute Gasteiger partial charge is 0.394 e. The number of aliphatic hydroxyl groups excluding tert-OH is 1. The standard InChI is InChI=1S/C10H15BrN2O2/c1-6(2)9(5-14)13-10(15)8-3-7(11)4-12-8/h3-4,6,9,12,14H,5H2,1-2H3,(H,13,15). The lowest BCUT2D eigenvalue weighted by molar-refractivity contribution is 0.0892. The van der Waals surface area contributed by atoms with Crippen LogP contribution in [0.2, 0.25) is 0 Å². The fourth-order valence-electron chi connectivity index (χ4n) is 1.17. The molecule has 0 spiro atoms. The first kappa shape index (κ1) is 12.3. The van der Waals surface area contributed by atoms with E-state index in [1.165, 1.54) is 0 Å². The van der Waals surface area contributed by atoms with Crippen LogP contribution in [-0.2, 0) is 0 Å². The van der Waals surface area contributed by atoms with Crippen LogP contribution < -0.4 is 5.32 Å². The molecule has 1 aromatic rings. The predicted molar refractivity (Wildman–Crippen MR) is 61.7 cm³/mol. The smallest absolute Gasteiger partial charge is 0.268 e. The number of nitrogens with one attached hydrogen (secondary N) is 2. The Labute approximate surface area is 97.2 Å². The Morgan fingerprint density at radius 1 is 1.67 bits per heavy atom. The number of halogens is 1. The van der Waals surface area contributed by atoms with Gasteiger partial charge in [-0.25, -0.2) is 0 Å². The summed E-state index contributed by atoms with van der Waals surface area (Å²) in [7, 11) is 0. The molecule has 1 heterocycles. The highest BCUT2D eigenvalue weighted by Crippen LogP contribution is 2.11. The second kappa shape index (κ2) is 5.32. The first-order chi connectivity index (χ1) is 7.04. The van der Waals surface area contributed by atoms with Crippen molar-refractivity contribution in [1.82, 2.24) is 10.3 Å². The summed E-state index contributed by atoms with van der Waals surface area (Å²) in [5.74, 6) is 0.00537. The Bertz CT molecular complexity index is 336. The van der Waals surface area contributed by atoms with Gasteiger partial charge in [0.2, 0.25) is 0 Å². The molecule has 0 bridgehead atoms. The zero-order valence-corrected chi connectivity index (χ0v) is 10.3. The predicted octanol–water partition coefficient (Wildman–Crippen LogP) is 1.52. The molecule has 3 N–H and O–H groups in total. The second-order valence-electron chi connectivity index (χ2n) is 3.74. The molecule has 0 aromatic carbocycles. The molecule has 1 amide bonds. The van der Waals surface area contributed by atoms with Crippen LogP contribution in [0.4, 0.5) is 0 Å². The summed E-state index contributed by atoms with van der Waals surface area (Å²) in [5.41, 5.74) is 0.487. The average Bonchev–Trinajstić information content (AvgIpc) is 2.60. The van der Waals surface area contributed by atoms with Crippen molar-refractivity contribution in [3.05, 3.63) is 22.4 Å². The minimum atomic E-state index is -0.209. The van der Waals surface area contributed by atoms with E-state index in [-0.39, 0.29) is 24.5 Å².